The van der Waals surface area contributed by atoms with E-state index in [9.17, 15) is 4.79 Å². The molecule has 1 N–H and O–H groups in total. The van der Waals surface area contributed by atoms with Crippen molar-refractivity contribution in [3.63, 3.8) is 0 Å². The highest BCUT2D eigenvalue weighted by molar-refractivity contribution is 5.81. The topological polar surface area (TPSA) is 38.3 Å². The average Bonchev–Trinajstić information content (AvgIpc) is 2.37. The van der Waals surface area contributed by atoms with Crippen LogP contribution in [0.25, 0.3) is 0 Å². The van der Waals surface area contributed by atoms with E-state index < -0.39 is 6.10 Å². The molecule has 0 aliphatic heterocycles. The summed E-state index contributed by atoms with van der Waals surface area (Å²) >= 11 is 0. The van der Waals surface area contributed by atoms with Crippen molar-refractivity contribution in [3.8, 4) is 5.75 Å². The van der Waals surface area contributed by atoms with Crippen LogP contribution in [-0.4, -0.2) is 18.6 Å². The molecule has 0 radical (unpaired) electrons. The Morgan fingerprint density at radius 3 is 2.47 bits per heavy atom. The number of carbonyl (C=O) groups excluding carboxylic acids is 1. The number of carbonyl (C=O) groups is 1. The molecule has 1 atom stereocenters. The van der Waals surface area contributed by atoms with Crippen LogP contribution in [0.2, 0.25) is 0 Å². The van der Waals surface area contributed by atoms with Gasteiger partial charge in [-0.15, -0.1) is 0 Å². The van der Waals surface area contributed by atoms with Gasteiger partial charge in [-0.3, -0.25) is 4.79 Å². The molecule has 0 saturated carbocycles. The molecule has 1 aromatic carbocycles. The van der Waals surface area contributed by atoms with Gasteiger partial charge in [0.2, 0.25) is 0 Å². The van der Waals surface area contributed by atoms with E-state index in [1.807, 2.05) is 32.0 Å². The third kappa shape index (κ3) is 4.93. The third-order valence-corrected chi connectivity index (χ3v) is 3.10. The highest BCUT2D eigenvalue weighted by Gasteiger charge is 2.18. The van der Waals surface area contributed by atoms with E-state index in [-0.39, 0.29) is 5.91 Å². The fourth-order valence-electron chi connectivity index (χ4n) is 1.69. The quantitative estimate of drug-likeness (QED) is 0.855. The molecule has 0 bridgehead atoms. The summed E-state index contributed by atoms with van der Waals surface area (Å²) in [5.74, 6) is 1.17. The summed E-state index contributed by atoms with van der Waals surface area (Å²) in [5, 5.41) is 2.92. The van der Waals surface area contributed by atoms with Crippen LogP contribution < -0.4 is 10.1 Å². The van der Waals surface area contributed by atoms with E-state index in [0.29, 0.717) is 18.9 Å². The number of rotatable bonds is 6. The number of hydrogen-bond donors (Lipinski definition) is 1. The first-order chi connectivity index (χ1) is 8.93. The summed E-state index contributed by atoms with van der Waals surface area (Å²) in [6, 6.07) is 5.91. The van der Waals surface area contributed by atoms with Gasteiger partial charge in [0.25, 0.3) is 5.91 Å². The Hall–Kier alpha value is -1.51. The molecule has 1 aromatic rings. The Bertz CT molecular complexity index is 427. The summed E-state index contributed by atoms with van der Waals surface area (Å²) in [7, 11) is 0. The molecular weight excluding hydrogens is 238 g/mol. The van der Waals surface area contributed by atoms with Crippen molar-refractivity contribution in [1.82, 2.24) is 5.32 Å². The number of amides is 1. The maximum absolute atomic E-state index is 12.0. The van der Waals surface area contributed by atoms with Gasteiger partial charge < -0.3 is 10.1 Å². The van der Waals surface area contributed by atoms with E-state index >= 15 is 0 Å². The molecule has 1 rings (SSSR count). The number of ether oxygens (including phenoxy) is 1. The van der Waals surface area contributed by atoms with Crippen LogP contribution in [0.4, 0.5) is 0 Å². The molecule has 19 heavy (non-hydrogen) atoms. The predicted octanol–water partition coefficient (Wildman–Crippen LogP) is 3.23. The van der Waals surface area contributed by atoms with Crippen LogP contribution in [0.1, 0.15) is 38.3 Å². The van der Waals surface area contributed by atoms with Crippen molar-refractivity contribution in [2.24, 2.45) is 5.92 Å². The number of hydrogen-bond acceptors (Lipinski definition) is 2. The summed E-state index contributed by atoms with van der Waals surface area (Å²) in [4.78, 5) is 12.0. The lowest BCUT2D eigenvalue weighted by molar-refractivity contribution is -0.128. The highest BCUT2D eigenvalue weighted by Crippen LogP contribution is 2.18. The molecule has 3 nitrogen and oxygen atoms in total. The molecule has 0 fully saturated rings. The van der Waals surface area contributed by atoms with Crippen molar-refractivity contribution < 1.29 is 9.53 Å². The fraction of sp³-hybridized carbons (Fsp3) is 0.562. The van der Waals surface area contributed by atoms with E-state index in [0.717, 1.165) is 5.75 Å². The normalized spacial score (nSPS) is 12.3. The number of benzene rings is 1. The second kappa shape index (κ2) is 7.17. The summed E-state index contributed by atoms with van der Waals surface area (Å²) in [6.45, 7) is 10.9. The Morgan fingerprint density at radius 1 is 1.26 bits per heavy atom. The van der Waals surface area contributed by atoms with Gasteiger partial charge in [0.15, 0.2) is 6.10 Å². The minimum Gasteiger partial charge on any atom is -0.481 e. The van der Waals surface area contributed by atoms with Gasteiger partial charge in [-0.05, 0) is 49.4 Å². The second-order valence-electron chi connectivity index (χ2n) is 5.40. The van der Waals surface area contributed by atoms with E-state index in [1.165, 1.54) is 11.1 Å². The lowest BCUT2D eigenvalue weighted by atomic mass is 10.1. The van der Waals surface area contributed by atoms with Crippen molar-refractivity contribution in [2.75, 3.05) is 6.54 Å². The van der Waals surface area contributed by atoms with Crippen LogP contribution in [-0.2, 0) is 4.79 Å². The van der Waals surface area contributed by atoms with E-state index in [2.05, 4.69) is 26.1 Å². The van der Waals surface area contributed by atoms with Gasteiger partial charge >= 0.3 is 0 Å². The maximum Gasteiger partial charge on any atom is 0.261 e. The summed E-state index contributed by atoms with van der Waals surface area (Å²) < 4.78 is 5.78. The van der Waals surface area contributed by atoms with Crippen LogP contribution in [0.5, 0.6) is 5.75 Å². The molecule has 0 unspecified atom stereocenters. The van der Waals surface area contributed by atoms with Crippen LogP contribution in [0.3, 0.4) is 0 Å². The van der Waals surface area contributed by atoms with Gasteiger partial charge in [0.05, 0.1) is 0 Å². The minimum atomic E-state index is -0.416. The molecule has 3 heteroatoms. The van der Waals surface area contributed by atoms with Gasteiger partial charge in [-0.2, -0.15) is 0 Å². The molecule has 0 aromatic heterocycles. The average molecular weight is 263 g/mol. The van der Waals surface area contributed by atoms with Crippen LogP contribution in [0.15, 0.2) is 18.2 Å². The zero-order valence-corrected chi connectivity index (χ0v) is 12.6. The SMILES string of the molecule is CC[C@H](Oc1ccc(C)c(C)c1)C(=O)NCC(C)C. The van der Waals surface area contributed by atoms with Gasteiger partial charge in [-0.1, -0.05) is 26.8 Å². The predicted molar refractivity (Wildman–Crippen MR) is 78.5 cm³/mol. The van der Waals surface area contributed by atoms with Crippen molar-refractivity contribution in [1.29, 1.82) is 0 Å². The largest absolute Gasteiger partial charge is 0.481 e. The minimum absolute atomic E-state index is 0.0329. The first kappa shape index (κ1) is 15.5. The molecule has 0 spiro atoms. The standard InChI is InChI=1S/C16H25NO2/c1-6-15(16(18)17-10-11(2)3)19-14-8-7-12(4)13(5)9-14/h7-9,11,15H,6,10H2,1-5H3,(H,17,18)/t15-/m0/s1. The smallest absolute Gasteiger partial charge is 0.261 e. The first-order valence-electron chi connectivity index (χ1n) is 6.95. The highest BCUT2D eigenvalue weighted by atomic mass is 16.5. The zero-order valence-electron chi connectivity index (χ0n) is 12.6. The summed E-state index contributed by atoms with van der Waals surface area (Å²) in [5.41, 5.74) is 2.40. The molecular formula is C16H25NO2. The monoisotopic (exact) mass is 263 g/mol. The molecule has 0 aliphatic rings. The fourth-order valence-corrected chi connectivity index (χ4v) is 1.69. The molecule has 0 aliphatic carbocycles. The summed E-state index contributed by atoms with van der Waals surface area (Å²) in [6.07, 6.45) is 0.248. The molecule has 1 amide bonds. The number of aryl methyl sites for hydroxylation is 2. The Balaban J connectivity index is 2.65. The lowest BCUT2D eigenvalue weighted by Gasteiger charge is -2.18. The van der Waals surface area contributed by atoms with Crippen molar-refractivity contribution in [2.45, 2.75) is 47.1 Å². The third-order valence-electron chi connectivity index (χ3n) is 3.10. The van der Waals surface area contributed by atoms with Crippen molar-refractivity contribution >= 4 is 5.91 Å². The molecule has 106 valence electrons. The van der Waals surface area contributed by atoms with Gasteiger partial charge in [0, 0.05) is 6.54 Å². The van der Waals surface area contributed by atoms with Crippen molar-refractivity contribution in [3.05, 3.63) is 29.3 Å². The maximum atomic E-state index is 12.0. The van der Waals surface area contributed by atoms with E-state index in [4.69, 9.17) is 4.74 Å². The Morgan fingerprint density at radius 2 is 1.95 bits per heavy atom. The van der Waals surface area contributed by atoms with Crippen LogP contribution in [0, 0.1) is 19.8 Å². The van der Waals surface area contributed by atoms with E-state index in [1.54, 1.807) is 0 Å². The van der Waals surface area contributed by atoms with Crippen LogP contribution >= 0.6 is 0 Å². The second-order valence-corrected chi connectivity index (χ2v) is 5.40. The zero-order chi connectivity index (χ0) is 14.4. The first-order valence-corrected chi connectivity index (χ1v) is 6.95. The van der Waals surface area contributed by atoms with Gasteiger partial charge in [0.1, 0.15) is 5.75 Å². The number of nitrogens with one attached hydrogen (secondary N) is 1. The lowest BCUT2D eigenvalue weighted by Crippen LogP contribution is -2.39. The Kier molecular flexibility index (Phi) is 5.87. The molecule has 0 saturated heterocycles. The Labute approximate surface area is 116 Å². The van der Waals surface area contributed by atoms with Gasteiger partial charge in [-0.25, -0.2) is 0 Å². The molecule has 0 heterocycles.